The number of hydrogen-bond donors (Lipinski definition) is 1. The van der Waals surface area contributed by atoms with Gasteiger partial charge < -0.3 is 5.32 Å². The molecule has 0 aliphatic heterocycles. The van der Waals surface area contributed by atoms with Gasteiger partial charge in [-0.1, -0.05) is 61.9 Å². The molecule has 0 aliphatic carbocycles. The smallest absolute Gasteiger partial charge is 0.270 e. The minimum atomic E-state index is -0.0964. The number of carbonyl (C=O) groups is 1. The van der Waals surface area contributed by atoms with Crippen LogP contribution in [-0.4, -0.2) is 22.2 Å². The van der Waals surface area contributed by atoms with Crippen LogP contribution in [0.3, 0.4) is 0 Å². The van der Waals surface area contributed by atoms with Crippen LogP contribution in [0.2, 0.25) is 0 Å². The van der Waals surface area contributed by atoms with Gasteiger partial charge in [0.2, 0.25) is 0 Å². The predicted octanol–water partition coefficient (Wildman–Crippen LogP) is 4.62. The molecule has 3 aromatic rings. The Kier molecular flexibility index (Phi) is 5.52. The van der Waals surface area contributed by atoms with Gasteiger partial charge in [-0.3, -0.25) is 4.79 Å². The van der Waals surface area contributed by atoms with Crippen molar-refractivity contribution in [1.82, 2.24) is 15.1 Å². The SMILES string of the molecule is Cc1ccc(-n2nc(-c3ccccc3)cc2C(=O)NCCC(C)C)cc1. The van der Waals surface area contributed by atoms with Crippen LogP contribution in [0.25, 0.3) is 16.9 Å². The second-order valence-corrected chi connectivity index (χ2v) is 6.97. The van der Waals surface area contributed by atoms with Gasteiger partial charge in [0, 0.05) is 12.1 Å². The first kappa shape index (κ1) is 17.9. The number of aryl methyl sites for hydroxylation is 1. The zero-order valence-electron chi connectivity index (χ0n) is 15.6. The van der Waals surface area contributed by atoms with E-state index < -0.39 is 0 Å². The van der Waals surface area contributed by atoms with Gasteiger partial charge in [-0.05, 0) is 37.5 Å². The Morgan fingerprint density at radius 1 is 1.08 bits per heavy atom. The number of rotatable bonds is 6. The zero-order chi connectivity index (χ0) is 18.5. The summed E-state index contributed by atoms with van der Waals surface area (Å²) in [6.45, 7) is 7.00. The molecule has 0 unspecified atom stereocenters. The van der Waals surface area contributed by atoms with E-state index in [-0.39, 0.29) is 5.91 Å². The summed E-state index contributed by atoms with van der Waals surface area (Å²) in [5, 5.41) is 7.72. The fourth-order valence-electron chi connectivity index (χ4n) is 2.74. The Bertz CT molecular complexity index is 864. The minimum absolute atomic E-state index is 0.0964. The second kappa shape index (κ2) is 8.00. The van der Waals surface area contributed by atoms with Gasteiger partial charge in [0.15, 0.2) is 0 Å². The van der Waals surface area contributed by atoms with Gasteiger partial charge in [0.25, 0.3) is 5.91 Å². The highest BCUT2D eigenvalue weighted by Crippen LogP contribution is 2.22. The summed E-state index contributed by atoms with van der Waals surface area (Å²) in [6, 6.07) is 19.8. The Morgan fingerprint density at radius 2 is 1.77 bits per heavy atom. The molecule has 1 heterocycles. The molecule has 0 spiro atoms. The van der Waals surface area contributed by atoms with Gasteiger partial charge in [-0.2, -0.15) is 5.10 Å². The monoisotopic (exact) mass is 347 g/mol. The molecule has 134 valence electrons. The van der Waals surface area contributed by atoms with Gasteiger partial charge in [-0.25, -0.2) is 4.68 Å². The molecule has 0 fully saturated rings. The molecular formula is C22H25N3O. The van der Waals surface area contributed by atoms with E-state index in [0.29, 0.717) is 18.2 Å². The first-order chi connectivity index (χ1) is 12.5. The zero-order valence-corrected chi connectivity index (χ0v) is 15.6. The fraction of sp³-hybridized carbons (Fsp3) is 0.273. The minimum Gasteiger partial charge on any atom is -0.351 e. The number of carbonyl (C=O) groups excluding carboxylic acids is 1. The lowest BCUT2D eigenvalue weighted by molar-refractivity contribution is 0.0944. The molecule has 4 heteroatoms. The lowest BCUT2D eigenvalue weighted by Gasteiger charge is -2.09. The standard InChI is InChI=1S/C22H25N3O/c1-16(2)13-14-23-22(26)21-15-20(18-7-5-4-6-8-18)24-25(21)19-11-9-17(3)10-12-19/h4-12,15-16H,13-14H2,1-3H3,(H,23,26). The van der Waals surface area contributed by atoms with Crippen LogP contribution in [0, 0.1) is 12.8 Å². The number of benzene rings is 2. The highest BCUT2D eigenvalue weighted by atomic mass is 16.2. The first-order valence-electron chi connectivity index (χ1n) is 9.05. The summed E-state index contributed by atoms with van der Waals surface area (Å²) in [5.41, 5.74) is 4.39. The van der Waals surface area contributed by atoms with Crippen LogP contribution in [0.1, 0.15) is 36.3 Å². The van der Waals surface area contributed by atoms with Crippen molar-refractivity contribution in [3.8, 4) is 16.9 Å². The van der Waals surface area contributed by atoms with Crippen molar-refractivity contribution in [2.45, 2.75) is 27.2 Å². The molecule has 4 nitrogen and oxygen atoms in total. The molecule has 0 aliphatic rings. The Morgan fingerprint density at radius 3 is 2.42 bits per heavy atom. The van der Waals surface area contributed by atoms with Gasteiger partial charge in [-0.15, -0.1) is 0 Å². The molecule has 0 saturated carbocycles. The van der Waals surface area contributed by atoms with E-state index in [0.717, 1.165) is 23.4 Å². The predicted molar refractivity (Wildman–Crippen MR) is 106 cm³/mol. The van der Waals surface area contributed by atoms with E-state index in [1.54, 1.807) is 4.68 Å². The normalized spacial score (nSPS) is 10.9. The van der Waals surface area contributed by atoms with Crippen molar-refractivity contribution in [3.05, 3.63) is 71.9 Å². The number of amides is 1. The quantitative estimate of drug-likeness (QED) is 0.707. The Labute approximate surface area is 154 Å². The highest BCUT2D eigenvalue weighted by Gasteiger charge is 2.17. The molecule has 26 heavy (non-hydrogen) atoms. The molecule has 1 amide bonds. The third-order valence-corrected chi connectivity index (χ3v) is 4.30. The van der Waals surface area contributed by atoms with Crippen molar-refractivity contribution in [2.75, 3.05) is 6.54 Å². The maximum atomic E-state index is 12.8. The van der Waals surface area contributed by atoms with Crippen molar-refractivity contribution < 1.29 is 4.79 Å². The van der Waals surface area contributed by atoms with E-state index in [2.05, 4.69) is 19.2 Å². The number of nitrogens with zero attached hydrogens (tertiary/aromatic N) is 2. The van der Waals surface area contributed by atoms with Crippen LogP contribution in [-0.2, 0) is 0 Å². The summed E-state index contributed by atoms with van der Waals surface area (Å²) in [7, 11) is 0. The van der Waals surface area contributed by atoms with Gasteiger partial charge >= 0.3 is 0 Å². The Balaban J connectivity index is 1.96. The molecule has 0 bridgehead atoms. The van der Waals surface area contributed by atoms with Gasteiger partial charge in [0.05, 0.1) is 11.4 Å². The third-order valence-electron chi connectivity index (χ3n) is 4.30. The summed E-state index contributed by atoms with van der Waals surface area (Å²) in [4.78, 5) is 12.8. The number of hydrogen-bond acceptors (Lipinski definition) is 2. The molecule has 1 aromatic heterocycles. The van der Waals surface area contributed by atoms with E-state index in [1.807, 2.05) is 67.6 Å². The second-order valence-electron chi connectivity index (χ2n) is 6.97. The highest BCUT2D eigenvalue weighted by molar-refractivity contribution is 5.94. The number of nitrogens with one attached hydrogen (secondary N) is 1. The van der Waals surface area contributed by atoms with Crippen molar-refractivity contribution in [1.29, 1.82) is 0 Å². The van der Waals surface area contributed by atoms with E-state index in [1.165, 1.54) is 5.56 Å². The molecule has 1 N–H and O–H groups in total. The van der Waals surface area contributed by atoms with Crippen molar-refractivity contribution >= 4 is 5.91 Å². The summed E-state index contributed by atoms with van der Waals surface area (Å²) >= 11 is 0. The van der Waals surface area contributed by atoms with Crippen LogP contribution >= 0.6 is 0 Å². The maximum Gasteiger partial charge on any atom is 0.270 e. The summed E-state index contributed by atoms with van der Waals surface area (Å²) < 4.78 is 1.73. The van der Waals surface area contributed by atoms with E-state index in [4.69, 9.17) is 5.10 Å². The third kappa shape index (κ3) is 4.20. The first-order valence-corrected chi connectivity index (χ1v) is 9.05. The van der Waals surface area contributed by atoms with E-state index >= 15 is 0 Å². The molecular weight excluding hydrogens is 322 g/mol. The largest absolute Gasteiger partial charge is 0.351 e. The van der Waals surface area contributed by atoms with E-state index in [9.17, 15) is 4.79 Å². The van der Waals surface area contributed by atoms with Crippen molar-refractivity contribution in [2.24, 2.45) is 5.92 Å². The lowest BCUT2D eigenvalue weighted by atomic mass is 10.1. The molecule has 0 radical (unpaired) electrons. The summed E-state index contributed by atoms with van der Waals surface area (Å²) in [5.74, 6) is 0.457. The maximum absolute atomic E-state index is 12.8. The molecule has 0 atom stereocenters. The molecule has 2 aromatic carbocycles. The molecule has 0 saturated heterocycles. The average Bonchev–Trinajstić information content (AvgIpc) is 3.08. The fourth-order valence-corrected chi connectivity index (χ4v) is 2.74. The summed E-state index contributed by atoms with van der Waals surface area (Å²) in [6.07, 6.45) is 0.954. The lowest BCUT2D eigenvalue weighted by Crippen LogP contribution is -2.27. The molecule has 3 rings (SSSR count). The van der Waals surface area contributed by atoms with Crippen molar-refractivity contribution in [3.63, 3.8) is 0 Å². The number of aromatic nitrogens is 2. The van der Waals surface area contributed by atoms with Crippen LogP contribution in [0.15, 0.2) is 60.7 Å². The van der Waals surface area contributed by atoms with Crippen LogP contribution in [0.5, 0.6) is 0 Å². The topological polar surface area (TPSA) is 46.9 Å². The Hall–Kier alpha value is -2.88. The van der Waals surface area contributed by atoms with Gasteiger partial charge in [0.1, 0.15) is 5.69 Å². The van der Waals surface area contributed by atoms with Crippen LogP contribution in [0.4, 0.5) is 0 Å². The van der Waals surface area contributed by atoms with Crippen LogP contribution < -0.4 is 5.32 Å². The average molecular weight is 347 g/mol.